The number of hydrogen-bond donors (Lipinski definition) is 0. The molecule has 0 N–H and O–H groups in total. The second-order valence-electron chi connectivity index (χ2n) is 5.99. The number of aromatic nitrogens is 2. The van der Waals surface area contributed by atoms with Crippen molar-refractivity contribution in [2.45, 2.75) is 31.6 Å². The minimum Gasteiger partial charge on any atom is -0.344 e. The van der Waals surface area contributed by atoms with Crippen LogP contribution in [0, 0.1) is 0 Å². The summed E-state index contributed by atoms with van der Waals surface area (Å²) in [4.78, 5) is 8.09. The van der Waals surface area contributed by atoms with Crippen LogP contribution in [0.3, 0.4) is 0 Å². The minimum atomic E-state index is -3.05. The maximum atomic E-state index is 12.1. The fourth-order valence-electron chi connectivity index (χ4n) is 2.06. The molecular formula is C12H22N4O3S. The van der Waals surface area contributed by atoms with E-state index in [-0.39, 0.29) is 5.75 Å². The molecule has 0 aliphatic carbocycles. The van der Waals surface area contributed by atoms with Crippen molar-refractivity contribution in [3.63, 3.8) is 0 Å². The molecule has 0 spiro atoms. The van der Waals surface area contributed by atoms with E-state index >= 15 is 0 Å². The second-order valence-corrected chi connectivity index (χ2v) is 8.73. The average Bonchev–Trinajstić information content (AvgIpc) is 2.77. The van der Waals surface area contributed by atoms with Gasteiger partial charge < -0.3 is 9.42 Å². The van der Waals surface area contributed by atoms with E-state index in [4.69, 9.17) is 4.52 Å². The van der Waals surface area contributed by atoms with Gasteiger partial charge in [0.2, 0.25) is 5.89 Å². The van der Waals surface area contributed by atoms with E-state index in [1.54, 1.807) is 18.7 Å². The third-order valence-electron chi connectivity index (χ3n) is 3.76. The molecule has 1 aliphatic heterocycles. The molecular weight excluding hydrogens is 280 g/mol. The van der Waals surface area contributed by atoms with Gasteiger partial charge in [0.25, 0.3) is 5.95 Å². The fourth-order valence-corrected chi connectivity index (χ4v) is 3.51. The van der Waals surface area contributed by atoms with Crippen molar-refractivity contribution >= 4 is 15.8 Å². The summed E-state index contributed by atoms with van der Waals surface area (Å²) in [6, 6.07) is 0. The summed E-state index contributed by atoms with van der Waals surface area (Å²) in [5.41, 5.74) is 0. The van der Waals surface area contributed by atoms with Gasteiger partial charge in [-0.05, 0) is 25.4 Å². The Labute approximate surface area is 119 Å². The maximum absolute atomic E-state index is 12.1. The van der Waals surface area contributed by atoms with Crippen LogP contribution in [0.1, 0.15) is 26.2 Å². The standard InChI is InChI=1S/C12H22N4O3S/c1-12(2)5-6-16(7-8-20(12,17)18)9-10-13-11(14-19-10)15(3)4/h5-9H2,1-4H3. The highest BCUT2D eigenvalue weighted by atomic mass is 32.2. The Morgan fingerprint density at radius 1 is 1.35 bits per heavy atom. The molecule has 0 unspecified atom stereocenters. The highest BCUT2D eigenvalue weighted by Crippen LogP contribution is 2.25. The average molecular weight is 302 g/mol. The van der Waals surface area contributed by atoms with Crippen LogP contribution in [0.25, 0.3) is 0 Å². The van der Waals surface area contributed by atoms with E-state index in [1.165, 1.54) is 0 Å². The van der Waals surface area contributed by atoms with Crippen LogP contribution in [-0.2, 0) is 16.4 Å². The molecule has 0 radical (unpaired) electrons. The quantitative estimate of drug-likeness (QED) is 0.806. The van der Waals surface area contributed by atoms with Crippen molar-refractivity contribution in [2.24, 2.45) is 0 Å². The molecule has 7 nitrogen and oxygen atoms in total. The molecule has 1 aliphatic rings. The van der Waals surface area contributed by atoms with Crippen LogP contribution in [0.2, 0.25) is 0 Å². The molecule has 0 aromatic carbocycles. The van der Waals surface area contributed by atoms with Crippen LogP contribution in [-0.4, -0.2) is 61.1 Å². The van der Waals surface area contributed by atoms with Crippen molar-refractivity contribution in [1.82, 2.24) is 15.0 Å². The van der Waals surface area contributed by atoms with Gasteiger partial charge in [-0.25, -0.2) is 8.42 Å². The van der Waals surface area contributed by atoms with Crippen LogP contribution in [0.5, 0.6) is 0 Å². The molecule has 8 heteroatoms. The van der Waals surface area contributed by atoms with E-state index in [0.29, 0.717) is 37.9 Å². The third-order valence-corrected chi connectivity index (χ3v) is 6.37. The smallest absolute Gasteiger partial charge is 0.265 e. The molecule has 114 valence electrons. The lowest BCUT2D eigenvalue weighted by molar-refractivity contribution is 0.234. The van der Waals surface area contributed by atoms with Gasteiger partial charge in [0.1, 0.15) is 0 Å². The number of anilines is 1. The summed E-state index contributed by atoms with van der Waals surface area (Å²) in [6.45, 7) is 5.30. The molecule has 1 fully saturated rings. The van der Waals surface area contributed by atoms with Gasteiger partial charge in [-0.2, -0.15) is 4.98 Å². The lowest BCUT2D eigenvalue weighted by Gasteiger charge is -2.21. The summed E-state index contributed by atoms with van der Waals surface area (Å²) >= 11 is 0. The fraction of sp³-hybridized carbons (Fsp3) is 0.833. The summed E-state index contributed by atoms with van der Waals surface area (Å²) < 4.78 is 28.8. The van der Waals surface area contributed by atoms with E-state index in [2.05, 4.69) is 15.0 Å². The zero-order valence-electron chi connectivity index (χ0n) is 12.5. The largest absolute Gasteiger partial charge is 0.344 e. The van der Waals surface area contributed by atoms with E-state index in [0.717, 1.165) is 0 Å². The first kappa shape index (κ1) is 15.2. The molecule has 1 saturated heterocycles. The zero-order valence-corrected chi connectivity index (χ0v) is 13.3. The van der Waals surface area contributed by atoms with Crippen molar-refractivity contribution in [2.75, 3.05) is 37.8 Å². The normalized spacial score (nSPS) is 22.4. The predicted octanol–water partition coefficient (Wildman–Crippen LogP) is 0.535. The SMILES string of the molecule is CN(C)c1noc(CN2CCC(C)(C)S(=O)(=O)CC2)n1. The van der Waals surface area contributed by atoms with Crippen molar-refractivity contribution in [3.05, 3.63) is 5.89 Å². The van der Waals surface area contributed by atoms with Gasteiger partial charge >= 0.3 is 0 Å². The van der Waals surface area contributed by atoms with Crippen LogP contribution >= 0.6 is 0 Å². The summed E-state index contributed by atoms with van der Waals surface area (Å²) in [7, 11) is 0.638. The molecule has 0 amide bonds. The van der Waals surface area contributed by atoms with Gasteiger partial charge in [0, 0.05) is 27.2 Å². The molecule has 2 heterocycles. The molecule has 0 atom stereocenters. The van der Waals surface area contributed by atoms with Crippen LogP contribution < -0.4 is 4.90 Å². The molecule has 1 aromatic heterocycles. The minimum absolute atomic E-state index is 0.175. The van der Waals surface area contributed by atoms with E-state index < -0.39 is 14.6 Å². The lowest BCUT2D eigenvalue weighted by atomic mass is 10.1. The van der Waals surface area contributed by atoms with Gasteiger partial charge in [0.05, 0.1) is 17.0 Å². The Kier molecular flexibility index (Phi) is 4.06. The van der Waals surface area contributed by atoms with Crippen molar-refractivity contribution in [3.8, 4) is 0 Å². The Hall–Kier alpha value is -1.15. The molecule has 0 bridgehead atoms. The Balaban J connectivity index is 2.04. The Morgan fingerprint density at radius 2 is 2.05 bits per heavy atom. The van der Waals surface area contributed by atoms with Crippen LogP contribution in [0.15, 0.2) is 4.52 Å². The van der Waals surface area contributed by atoms with Crippen LogP contribution in [0.4, 0.5) is 5.95 Å². The highest BCUT2D eigenvalue weighted by molar-refractivity contribution is 7.92. The van der Waals surface area contributed by atoms with Gasteiger partial charge in [0.15, 0.2) is 9.84 Å². The van der Waals surface area contributed by atoms with Crippen molar-refractivity contribution < 1.29 is 12.9 Å². The highest BCUT2D eigenvalue weighted by Gasteiger charge is 2.37. The van der Waals surface area contributed by atoms with Gasteiger partial charge in [-0.15, -0.1) is 0 Å². The number of hydrogen-bond acceptors (Lipinski definition) is 7. The Morgan fingerprint density at radius 3 is 2.65 bits per heavy atom. The molecule has 1 aromatic rings. The van der Waals surface area contributed by atoms with Gasteiger partial charge in [-0.1, -0.05) is 0 Å². The monoisotopic (exact) mass is 302 g/mol. The lowest BCUT2D eigenvalue weighted by Crippen LogP contribution is -2.33. The third kappa shape index (κ3) is 3.12. The van der Waals surface area contributed by atoms with E-state index in [9.17, 15) is 8.42 Å². The second kappa shape index (κ2) is 5.33. The summed E-state index contributed by atoms with van der Waals surface area (Å²) in [5, 5.41) is 3.86. The summed E-state index contributed by atoms with van der Waals surface area (Å²) in [6.07, 6.45) is 0.615. The van der Waals surface area contributed by atoms with Crippen molar-refractivity contribution in [1.29, 1.82) is 0 Å². The number of nitrogens with zero attached hydrogens (tertiary/aromatic N) is 4. The summed E-state index contributed by atoms with van der Waals surface area (Å²) in [5.74, 6) is 1.22. The molecule has 20 heavy (non-hydrogen) atoms. The molecule has 0 saturated carbocycles. The number of rotatable bonds is 3. The maximum Gasteiger partial charge on any atom is 0.265 e. The van der Waals surface area contributed by atoms with Gasteiger partial charge in [-0.3, -0.25) is 4.90 Å². The zero-order chi connectivity index (χ0) is 15.0. The first-order valence-corrected chi connectivity index (χ1v) is 8.31. The first-order chi connectivity index (χ1) is 9.21. The first-order valence-electron chi connectivity index (χ1n) is 6.66. The van der Waals surface area contributed by atoms with E-state index in [1.807, 2.05) is 14.1 Å². The topological polar surface area (TPSA) is 79.5 Å². The molecule has 2 rings (SSSR count). The Bertz CT molecular complexity index is 565. The number of sulfone groups is 1. The predicted molar refractivity (Wildman–Crippen MR) is 76.4 cm³/mol.